The van der Waals surface area contributed by atoms with Crippen molar-refractivity contribution in [2.45, 2.75) is 12.8 Å². The molecule has 0 saturated carbocycles. The van der Waals surface area contributed by atoms with E-state index in [0.717, 1.165) is 6.07 Å². The number of methoxy groups -OCH3 is 1. The lowest BCUT2D eigenvalue weighted by Gasteiger charge is -2.08. The first-order valence-corrected chi connectivity index (χ1v) is 5.23. The van der Waals surface area contributed by atoms with E-state index in [4.69, 9.17) is 0 Å². The second-order valence-electron chi connectivity index (χ2n) is 2.86. The van der Waals surface area contributed by atoms with Crippen LogP contribution in [0.4, 0.5) is 13.2 Å². The molecule has 3 nitrogen and oxygen atoms in total. The smallest absolute Gasteiger partial charge is 0.310 e. The molecule has 0 aliphatic heterocycles. The minimum Gasteiger partial charge on any atom is -0.469 e. The normalized spacial score (nSPS) is 10.6. The van der Waals surface area contributed by atoms with E-state index < -0.39 is 24.0 Å². The number of ether oxygens (including phenoxy) is 1. The van der Waals surface area contributed by atoms with Crippen LogP contribution in [0.1, 0.15) is 17.7 Å². The standard InChI is InChI=1S/C9H7F3INO2/c1-16-6(15)3-4-2-5(10)14-8(7(4)13)9(11)12/h2,9H,3H2,1H3. The summed E-state index contributed by atoms with van der Waals surface area (Å²) in [6.45, 7) is 0. The molecule has 0 radical (unpaired) electrons. The number of esters is 1. The van der Waals surface area contributed by atoms with Crippen molar-refractivity contribution in [3.05, 3.63) is 26.8 Å². The summed E-state index contributed by atoms with van der Waals surface area (Å²) >= 11 is 1.61. The molecule has 0 aliphatic rings. The molecule has 0 aromatic carbocycles. The molecule has 0 N–H and O–H groups in total. The molecule has 0 saturated heterocycles. The van der Waals surface area contributed by atoms with Gasteiger partial charge in [-0.1, -0.05) is 0 Å². The summed E-state index contributed by atoms with van der Waals surface area (Å²) in [7, 11) is 1.17. The number of aromatic nitrogens is 1. The Hall–Kier alpha value is -0.860. The lowest BCUT2D eigenvalue weighted by Crippen LogP contribution is -2.09. The van der Waals surface area contributed by atoms with Gasteiger partial charge in [-0.05, 0) is 34.2 Å². The molecule has 0 unspecified atom stereocenters. The summed E-state index contributed by atoms with van der Waals surface area (Å²) in [4.78, 5) is 14.1. The van der Waals surface area contributed by atoms with Crippen molar-refractivity contribution in [1.29, 1.82) is 0 Å². The van der Waals surface area contributed by atoms with Crippen LogP contribution < -0.4 is 0 Å². The Kier molecular flexibility index (Phi) is 4.51. The molecule has 1 aromatic rings. The van der Waals surface area contributed by atoms with Gasteiger partial charge >= 0.3 is 5.97 Å². The van der Waals surface area contributed by atoms with Gasteiger partial charge in [-0.25, -0.2) is 13.8 Å². The van der Waals surface area contributed by atoms with Gasteiger partial charge in [0.25, 0.3) is 6.43 Å². The molecule has 1 rings (SSSR count). The van der Waals surface area contributed by atoms with Crippen molar-refractivity contribution < 1.29 is 22.7 Å². The molecule has 7 heteroatoms. The number of hydrogen-bond donors (Lipinski definition) is 0. The molecular formula is C9H7F3INO2. The Bertz CT molecular complexity index is 412. The molecule has 1 aromatic heterocycles. The molecule has 0 fully saturated rings. The molecule has 0 atom stereocenters. The fourth-order valence-electron chi connectivity index (χ4n) is 1.07. The van der Waals surface area contributed by atoms with Crippen LogP contribution in [0, 0.1) is 9.52 Å². The van der Waals surface area contributed by atoms with Crippen LogP contribution in [-0.2, 0) is 16.0 Å². The SMILES string of the molecule is COC(=O)Cc1cc(F)nc(C(F)F)c1I. The lowest BCUT2D eigenvalue weighted by molar-refractivity contribution is -0.139. The Morgan fingerprint density at radius 2 is 2.25 bits per heavy atom. The maximum Gasteiger partial charge on any atom is 0.310 e. The van der Waals surface area contributed by atoms with E-state index in [0.29, 0.717) is 0 Å². The van der Waals surface area contributed by atoms with Gasteiger partial charge in [-0.3, -0.25) is 4.79 Å². The van der Waals surface area contributed by atoms with E-state index in [9.17, 15) is 18.0 Å². The van der Waals surface area contributed by atoms with Gasteiger partial charge < -0.3 is 4.74 Å². The monoisotopic (exact) mass is 345 g/mol. The van der Waals surface area contributed by atoms with Crippen molar-refractivity contribution in [1.82, 2.24) is 4.98 Å². The maximum atomic E-state index is 12.9. The number of rotatable bonds is 3. The molecule has 0 amide bonds. The number of pyridine rings is 1. The summed E-state index contributed by atoms with van der Waals surface area (Å²) in [6, 6.07) is 0.949. The largest absolute Gasteiger partial charge is 0.469 e. The zero-order chi connectivity index (χ0) is 12.3. The van der Waals surface area contributed by atoms with Gasteiger partial charge in [0.15, 0.2) is 0 Å². The zero-order valence-electron chi connectivity index (χ0n) is 8.14. The van der Waals surface area contributed by atoms with Crippen molar-refractivity contribution in [3.8, 4) is 0 Å². The van der Waals surface area contributed by atoms with Gasteiger partial charge in [-0.15, -0.1) is 0 Å². The second kappa shape index (κ2) is 5.46. The quantitative estimate of drug-likeness (QED) is 0.480. The van der Waals surface area contributed by atoms with Crippen LogP contribution in [0.2, 0.25) is 0 Å². The Labute approximate surface area is 103 Å². The summed E-state index contributed by atoms with van der Waals surface area (Å²) in [6.07, 6.45) is -3.13. The van der Waals surface area contributed by atoms with Gasteiger partial charge in [0.05, 0.1) is 13.5 Å². The van der Waals surface area contributed by atoms with Crippen LogP contribution in [0.15, 0.2) is 6.07 Å². The highest BCUT2D eigenvalue weighted by molar-refractivity contribution is 14.1. The Morgan fingerprint density at radius 3 is 2.75 bits per heavy atom. The van der Waals surface area contributed by atoms with Crippen LogP contribution in [-0.4, -0.2) is 18.1 Å². The first kappa shape index (κ1) is 13.2. The highest BCUT2D eigenvalue weighted by Crippen LogP contribution is 2.26. The Morgan fingerprint density at radius 1 is 1.62 bits per heavy atom. The summed E-state index contributed by atoms with van der Waals surface area (Å²) in [5, 5.41) is 0. The van der Waals surface area contributed by atoms with E-state index in [1.54, 1.807) is 22.6 Å². The molecule has 0 aliphatic carbocycles. The van der Waals surface area contributed by atoms with Crippen LogP contribution in [0.3, 0.4) is 0 Å². The number of carbonyl (C=O) groups excluding carboxylic acids is 1. The summed E-state index contributed by atoms with van der Waals surface area (Å²) in [5.41, 5.74) is -0.505. The van der Waals surface area contributed by atoms with E-state index in [-0.39, 0.29) is 15.6 Å². The predicted octanol–water partition coefficient (Wildman–Crippen LogP) is 2.48. The highest BCUT2D eigenvalue weighted by atomic mass is 127. The molecule has 1 heterocycles. The average molecular weight is 345 g/mol. The number of hydrogen-bond acceptors (Lipinski definition) is 3. The third-order valence-electron chi connectivity index (χ3n) is 1.80. The molecule has 16 heavy (non-hydrogen) atoms. The maximum absolute atomic E-state index is 12.9. The van der Waals surface area contributed by atoms with Crippen molar-refractivity contribution in [3.63, 3.8) is 0 Å². The van der Waals surface area contributed by atoms with Crippen LogP contribution in [0.25, 0.3) is 0 Å². The second-order valence-corrected chi connectivity index (χ2v) is 3.94. The summed E-state index contributed by atoms with van der Waals surface area (Å²) < 4.78 is 42.3. The Balaban J connectivity index is 3.14. The number of halogens is 4. The fraction of sp³-hybridized carbons (Fsp3) is 0.333. The zero-order valence-corrected chi connectivity index (χ0v) is 10.3. The summed E-state index contributed by atoms with van der Waals surface area (Å²) in [5.74, 6) is -1.65. The van der Waals surface area contributed by atoms with E-state index >= 15 is 0 Å². The molecule has 0 bridgehead atoms. The predicted molar refractivity (Wildman–Crippen MR) is 57.6 cm³/mol. The third-order valence-corrected chi connectivity index (χ3v) is 3.04. The van der Waals surface area contributed by atoms with Gasteiger partial charge in [0.1, 0.15) is 5.69 Å². The highest BCUT2D eigenvalue weighted by Gasteiger charge is 2.19. The van der Waals surface area contributed by atoms with E-state index in [1.165, 1.54) is 7.11 Å². The molecule has 0 spiro atoms. The minimum atomic E-state index is -2.88. The number of nitrogens with zero attached hydrogens (tertiary/aromatic N) is 1. The first-order valence-electron chi connectivity index (χ1n) is 4.15. The van der Waals surface area contributed by atoms with Gasteiger partial charge in [-0.2, -0.15) is 4.39 Å². The first-order chi connectivity index (χ1) is 7.45. The molecular weight excluding hydrogens is 338 g/mol. The number of alkyl halides is 2. The fourth-order valence-corrected chi connectivity index (χ4v) is 1.77. The topological polar surface area (TPSA) is 39.2 Å². The minimum absolute atomic E-state index is 0.0828. The van der Waals surface area contributed by atoms with Crippen molar-refractivity contribution >= 4 is 28.6 Å². The van der Waals surface area contributed by atoms with Crippen molar-refractivity contribution in [2.24, 2.45) is 0 Å². The average Bonchev–Trinajstić information content (AvgIpc) is 2.22. The van der Waals surface area contributed by atoms with E-state index in [2.05, 4.69) is 9.72 Å². The van der Waals surface area contributed by atoms with Crippen LogP contribution in [0.5, 0.6) is 0 Å². The van der Waals surface area contributed by atoms with Gasteiger partial charge in [0.2, 0.25) is 5.95 Å². The van der Waals surface area contributed by atoms with Crippen molar-refractivity contribution in [2.75, 3.05) is 7.11 Å². The van der Waals surface area contributed by atoms with Gasteiger partial charge in [0, 0.05) is 3.57 Å². The van der Waals surface area contributed by atoms with Crippen LogP contribution >= 0.6 is 22.6 Å². The lowest BCUT2D eigenvalue weighted by atomic mass is 10.1. The number of carbonyl (C=O) groups is 1. The molecule has 88 valence electrons. The third kappa shape index (κ3) is 3.06. The van der Waals surface area contributed by atoms with E-state index in [1.807, 2.05) is 0 Å².